The average molecular weight is 235 g/mol. The van der Waals surface area contributed by atoms with Gasteiger partial charge in [0.25, 0.3) is 5.19 Å². The standard InChI is InChI=1S/C11H9NO3S/c1-14-8-2-4-9(5-3-8)15-11-12-6-10(7-13)16-11/h2-7H,1H3. The zero-order valence-electron chi connectivity index (χ0n) is 8.54. The van der Waals surface area contributed by atoms with Crippen molar-refractivity contribution in [1.82, 2.24) is 4.98 Å². The van der Waals surface area contributed by atoms with E-state index in [1.807, 2.05) is 0 Å². The first-order valence-corrected chi connectivity index (χ1v) is 5.36. The van der Waals surface area contributed by atoms with Crippen molar-refractivity contribution < 1.29 is 14.3 Å². The van der Waals surface area contributed by atoms with Crippen LogP contribution < -0.4 is 9.47 Å². The van der Waals surface area contributed by atoms with Crippen LogP contribution in [0.1, 0.15) is 9.67 Å². The Morgan fingerprint density at radius 2 is 1.94 bits per heavy atom. The molecular weight excluding hydrogens is 226 g/mol. The van der Waals surface area contributed by atoms with Gasteiger partial charge >= 0.3 is 0 Å². The highest BCUT2D eigenvalue weighted by Crippen LogP contribution is 2.26. The van der Waals surface area contributed by atoms with E-state index in [2.05, 4.69) is 4.98 Å². The van der Waals surface area contributed by atoms with E-state index in [-0.39, 0.29) is 0 Å². The van der Waals surface area contributed by atoms with Crippen molar-refractivity contribution in [2.24, 2.45) is 0 Å². The molecule has 5 heteroatoms. The van der Waals surface area contributed by atoms with Crippen LogP contribution in [0.4, 0.5) is 0 Å². The molecule has 1 aromatic heterocycles. The quantitative estimate of drug-likeness (QED) is 0.764. The molecule has 16 heavy (non-hydrogen) atoms. The van der Waals surface area contributed by atoms with Crippen LogP contribution in [-0.4, -0.2) is 18.4 Å². The SMILES string of the molecule is COc1ccc(Oc2ncc(C=O)s2)cc1. The Balaban J connectivity index is 2.10. The van der Waals surface area contributed by atoms with Gasteiger partial charge in [0.05, 0.1) is 18.2 Å². The molecule has 0 aliphatic heterocycles. The third-order valence-corrected chi connectivity index (χ3v) is 2.68. The smallest absolute Gasteiger partial charge is 0.279 e. The van der Waals surface area contributed by atoms with E-state index in [4.69, 9.17) is 9.47 Å². The molecule has 4 nitrogen and oxygen atoms in total. The lowest BCUT2D eigenvalue weighted by Gasteiger charge is -2.02. The van der Waals surface area contributed by atoms with Gasteiger partial charge in [-0.15, -0.1) is 0 Å². The van der Waals surface area contributed by atoms with Crippen LogP contribution in [0.5, 0.6) is 16.7 Å². The first-order chi connectivity index (χ1) is 7.81. The summed E-state index contributed by atoms with van der Waals surface area (Å²) in [5, 5.41) is 0.451. The van der Waals surface area contributed by atoms with E-state index in [9.17, 15) is 4.79 Å². The fourth-order valence-corrected chi connectivity index (χ4v) is 1.71. The molecule has 1 heterocycles. The molecule has 0 fully saturated rings. The highest BCUT2D eigenvalue weighted by Gasteiger charge is 2.03. The van der Waals surface area contributed by atoms with Gasteiger partial charge in [0.1, 0.15) is 11.5 Å². The molecular formula is C11H9NO3S. The molecule has 0 radical (unpaired) electrons. The maximum absolute atomic E-state index is 10.5. The summed E-state index contributed by atoms with van der Waals surface area (Å²) in [6, 6.07) is 7.15. The van der Waals surface area contributed by atoms with Crippen LogP contribution in [0.25, 0.3) is 0 Å². The summed E-state index contributed by atoms with van der Waals surface area (Å²) in [6.07, 6.45) is 2.23. The molecule has 2 aromatic rings. The lowest BCUT2D eigenvalue weighted by Crippen LogP contribution is -1.84. The second-order valence-corrected chi connectivity index (χ2v) is 3.95. The van der Waals surface area contributed by atoms with Gasteiger partial charge < -0.3 is 9.47 Å². The van der Waals surface area contributed by atoms with Gasteiger partial charge in [0.2, 0.25) is 0 Å². The number of benzene rings is 1. The monoisotopic (exact) mass is 235 g/mol. The summed E-state index contributed by atoms with van der Waals surface area (Å²) in [6.45, 7) is 0. The van der Waals surface area contributed by atoms with Crippen molar-refractivity contribution in [3.05, 3.63) is 35.3 Å². The van der Waals surface area contributed by atoms with Crippen LogP contribution >= 0.6 is 11.3 Å². The third kappa shape index (κ3) is 2.38. The van der Waals surface area contributed by atoms with E-state index >= 15 is 0 Å². The summed E-state index contributed by atoms with van der Waals surface area (Å²) in [5.41, 5.74) is 0. The lowest BCUT2D eigenvalue weighted by molar-refractivity contribution is 0.112. The lowest BCUT2D eigenvalue weighted by atomic mass is 10.3. The summed E-state index contributed by atoms with van der Waals surface area (Å²) < 4.78 is 10.5. The van der Waals surface area contributed by atoms with Gasteiger partial charge in [0.15, 0.2) is 6.29 Å². The number of thiazole rings is 1. The number of hydrogen-bond acceptors (Lipinski definition) is 5. The van der Waals surface area contributed by atoms with Crippen molar-refractivity contribution in [3.8, 4) is 16.7 Å². The van der Waals surface area contributed by atoms with Crippen LogP contribution in [0, 0.1) is 0 Å². The second-order valence-electron chi connectivity index (χ2n) is 2.92. The van der Waals surface area contributed by atoms with E-state index in [1.165, 1.54) is 17.5 Å². The summed E-state index contributed by atoms with van der Waals surface area (Å²) in [7, 11) is 1.60. The van der Waals surface area contributed by atoms with Gasteiger partial charge in [-0.25, -0.2) is 4.98 Å². The second kappa shape index (κ2) is 4.76. The summed E-state index contributed by atoms with van der Waals surface area (Å²) in [5.74, 6) is 1.42. The Hall–Kier alpha value is -1.88. The van der Waals surface area contributed by atoms with Crippen molar-refractivity contribution in [1.29, 1.82) is 0 Å². The molecule has 0 saturated carbocycles. The topological polar surface area (TPSA) is 48.4 Å². The minimum absolute atomic E-state index is 0.451. The molecule has 0 bridgehead atoms. The molecule has 82 valence electrons. The van der Waals surface area contributed by atoms with E-state index < -0.39 is 0 Å². The average Bonchev–Trinajstić information content (AvgIpc) is 2.78. The number of aldehydes is 1. The van der Waals surface area contributed by atoms with E-state index in [1.54, 1.807) is 31.4 Å². The highest BCUT2D eigenvalue weighted by molar-refractivity contribution is 7.15. The first-order valence-electron chi connectivity index (χ1n) is 4.55. The molecule has 0 saturated heterocycles. The number of ether oxygens (including phenoxy) is 2. The molecule has 0 atom stereocenters. The predicted molar refractivity (Wildman–Crippen MR) is 60.6 cm³/mol. The van der Waals surface area contributed by atoms with Gasteiger partial charge in [0, 0.05) is 0 Å². The van der Waals surface area contributed by atoms with Crippen molar-refractivity contribution >= 4 is 17.6 Å². The third-order valence-electron chi connectivity index (χ3n) is 1.88. The van der Waals surface area contributed by atoms with Gasteiger partial charge in [-0.1, -0.05) is 11.3 Å². The molecule has 0 aliphatic rings. The molecule has 2 rings (SSSR count). The Bertz CT molecular complexity index is 478. The number of carbonyl (C=O) groups is 1. The molecule has 1 aromatic carbocycles. The van der Waals surface area contributed by atoms with Crippen LogP contribution in [0.15, 0.2) is 30.5 Å². The minimum Gasteiger partial charge on any atom is -0.497 e. The number of methoxy groups -OCH3 is 1. The fourth-order valence-electron chi connectivity index (χ4n) is 1.12. The van der Waals surface area contributed by atoms with E-state index in [0.29, 0.717) is 15.8 Å². The summed E-state index contributed by atoms with van der Waals surface area (Å²) in [4.78, 5) is 15.0. The number of rotatable bonds is 4. The van der Waals surface area contributed by atoms with E-state index in [0.717, 1.165) is 12.0 Å². The zero-order valence-corrected chi connectivity index (χ0v) is 9.36. The maximum Gasteiger partial charge on any atom is 0.279 e. The number of aromatic nitrogens is 1. The van der Waals surface area contributed by atoms with Crippen LogP contribution in [0.2, 0.25) is 0 Å². The predicted octanol–water partition coefficient (Wildman–Crippen LogP) is 2.76. The molecule has 0 N–H and O–H groups in total. The largest absolute Gasteiger partial charge is 0.497 e. The van der Waals surface area contributed by atoms with Crippen LogP contribution in [-0.2, 0) is 0 Å². The molecule has 0 aliphatic carbocycles. The van der Waals surface area contributed by atoms with Crippen LogP contribution in [0.3, 0.4) is 0 Å². The van der Waals surface area contributed by atoms with Crippen molar-refractivity contribution in [3.63, 3.8) is 0 Å². The Kier molecular flexibility index (Phi) is 3.16. The molecule has 0 amide bonds. The van der Waals surface area contributed by atoms with Crippen molar-refractivity contribution in [2.45, 2.75) is 0 Å². The number of nitrogens with zero attached hydrogens (tertiary/aromatic N) is 1. The molecule has 0 spiro atoms. The van der Waals surface area contributed by atoms with Gasteiger partial charge in [-0.05, 0) is 24.3 Å². The first kappa shape index (κ1) is 10.6. The Labute approximate surface area is 96.5 Å². The minimum atomic E-state index is 0.451. The highest BCUT2D eigenvalue weighted by atomic mass is 32.1. The zero-order chi connectivity index (χ0) is 11.4. The summed E-state index contributed by atoms with van der Waals surface area (Å²) >= 11 is 1.21. The fraction of sp³-hybridized carbons (Fsp3) is 0.0909. The molecule has 0 unspecified atom stereocenters. The Morgan fingerprint density at radius 3 is 2.50 bits per heavy atom. The maximum atomic E-state index is 10.5. The normalized spacial score (nSPS) is 9.81. The van der Waals surface area contributed by atoms with Gasteiger partial charge in [-0.2, -0.15) is 0 Å². The Morgan fingerprint density at radius 1 is 1.25 bits per heavy atom. The number of hydrogen-bond donors (Lipinski definition) is 0. The van der Waals surface area contributed by atoms with Gasteiger partial charge in [-0.3, -0.25) is 4.79 Å². The van der Waals surface area contributed by atoms with Crippen molar-refractivity contribution in [2.75, 3.05) is 7.11 Å². The number of carbonyl (C=O) groups excluding carboxylic acids is 1.